The van der Waals surface area contributed by atoms with E-state index in [1.807, 2.05) is 6.92 Å². The molecule has 0 saturated carbocycles. The molecular formula is C14H13F2N5O. The van der Waals surface area contributed by atoms with Gasteiger partial charge in [-0.2, -0.15) is 5.10 Å². The number of nitrogens with one attached hydrogen (secondary N) is 2. The Bertz CT molecular complexity index is 852. The van der Waals surface area contributed by atoms with Crippen LogP contribution in [0.15, 0.2) is 24.4 Å². The summed E-state index contributed by atoms with van der Waals surface area (Å²) in [6.45, 7) is 1.82. The lowest BCUT2D eigenvalue weighted by Gasteiger charge is -2.05. The van der Waals surface area contributed by atoms with Crippen LogP contribution >= 0.6 is 0 Å². The van der Waals surface area contributed by atoms with Gasteiger partial charge in [0.15, 0.2) is 0 Å². The number of amides is 1. The maximum absolute atomic E-state index is 12.9. The molecule has 3 aromatic rings. The van der Waals surface area contributed by atoms with Crippen LogP contribution in [-0.4, -0.2) is 25.7 Å². The number of imidazole rings is 1. The number of aromatic amines is 1. The molecule has 0 aliphatic carbocycles. The number of benzene rings is 1. The first-order valence-electron chi connectivity index (χ1n) is 6.53. The van der Waals surface area contributed by atoms with Crippen LogP contribution < -0.4 is 5.32 Å². The van der Waals surface area contributed by atoms with E-state index < -0.39 is 18.0 Å². The zero-order valence-corrected chi connectivity index (χ0v) is 11.9. The maximum Gasteiger partial charge on any atom is 0.282 e. The lowest BCUT2D eigenvalue weighted by molar-refractivity contribution is 0.101. The van der Waals surface area contributed by atoms with E-state index in [1.165, 1.54) is 17.9 Å². The fraction of sp³-hybridized carbons (Fsp3) is 0.214. The van der Waals surface area contributed by atoms with E-state index in [1.54, 1.807) is 18.2 Å². The monoisotopic (exact) mass is 305 g/mol. The van der Waals surface area contributed by atoms with Crippen LogP contribution in [0.2, 0.25) is 0 Å². The normalized spacial score (nSPS) is 11.3. The minimum Gasteiger partial charge on any atom is -0.342 e. The molecule has 0 fully saturated rings. The quantitative estimate of drug-likeness (QED) is 0.781. The number of carbonyl (C=O) groups excluding carboxylic acids is 1. The van der Waals surface area contributed by atoms with Gasteiger partial charge >= 0.3 is 0 Å². The minimum absolute atomic E-state index is 0.140. The Morgan fingerprint density at radius 1 is 1.41 bits per heavy atom. The molecule has 6 nitrogen and oxygen atoms in total. The molecule has 22 heavy (non-hydrogen) atoms. The maximum atomic E-state index is 12.9. The first kappa shape index (κ1) is 14.2. The highest BCUT2D eigenvalue weighted by Crippen LogP contribution is 2.23. The van der Waals surface area contributed by atoms with E-state index in [0.29, 0.717) is 5.69 Å². The Morgan fingerprint density at radius 3 is 2.91 bits per heavy atom. The van der Waals surface area contributed by atoms with Crippen molar-refractivity contribution >= 4 is 22.6 Å². The van der Waals surface area contributed by atoms with E-state index in [0.717, 1.165) is 16.9 Å². The van der Waals surface area contributed by atoms with Gasteiger partial charge in [0.1, 0.15) is 11.5 Å². The highest BCUT2D eigenvalue weighted by molar-refractivity contribution is 6.05. The van der Waals surface area contributed by atoms with Crippen molar-refractivity contribution in [2.45, 2.75) is 13.3 Å². The smallest absolute Gasteiger partial charge is 0.282 e. The van der Waals surface area contributed by atoms with Gasteiger partial charge in [-0.05, 0) is 25.1 Å². The number of H-pyrrole nitrogens is 1. The Hall–Kier alpha value is -2.77. The summed E-state index contributed by atoms with van der Waals surface area (Å²) < 4.78 is 27.0. The molecule has 8 heteroatoms. The SMILES string of the molecule is Cc1nc2ccc(NC(=O)c3cn(C)nc3C(F)F)cc2[nH]1. The van der Waals surface area contributed by atoms with Gasteiger partial charge in [0, 0.05) is 18.9 Å². The van der Waals surface area contributed by atoms with Crippen molar-refractivity contribution in [2.24, 2.45) is 7.05 Å². The number of hydrogen-bond donors (Lipinski definition) is 2. The third-order valence-electron chi connectivity index (χ3n) is 3.17. The van der Waals surface area contributed by atoms with Crippen LogP contribution in [0.4, 0.5) is 14.5 Å². The number of carbonyl (C=O) groups is 1. The van der Waals surface area contributed by atoms with Crippen LogP contribution in [-0.2, 0) is 7.05 Å². The second-order valence-corrected chi connectivity index (χ2v) is 4.91. The van der Waals surface area contributed by atoms with Crippen molar-refractivity contribution in [3.63, 3.8) is 0 Å². The van der Waals surface area contributed by atoms with E-state index in [4.69, 9.17) is 0 Å². The van der Waals surface area contributed by atoms with Crippen LogP contribution in [0.1, 0.15) is 28.3 Å². The Labute approximate surface area is 124 Å². The molecule has 0 radical (unpaired) electrons. The summed E-state index contributed by atoms with van der Waals surface area (Å²) in [5.74, 6) is 0.129. The van der Waals surface area contributed by atoms with Gasteiger partial charge in [0.2, 0.25) is 0 Å². The topological polar surface area (TPSA) is 75.6 Å². The zero-order chi connectivity index (χ0) is 15.9. The third-order valence-corrected chi connectivity index (χ3v) is 3.17. The summed E-state index contributed by atoms with van der Waals surface area (Å²) in [7, 11) is 1.49. The third kappa shape index (κ3) is 2.54. The predicted octanol–water partition coefficient (Wildman–Crippen LogP) is 2.79. The lowest BCUT2D eigenvalue weighted by atomic mass is 10.2. The van der Waals surface area contributed by atoms with E-state index >= 15 is 0 Å². The first-order chi connectivity index (χ1) is 10.4. The first-order valence-corrected chi connectivity index (χ1v) is 6.53. The fourth-order valence-corrected chi connectivity index (χ4v) is 2.26. The van der Waals surface area contributed by atoms with Crippen LogP contribution in [0.25, 0.3) is 11.0 Å². The second-order valence-electron chi connectivity index (χ2n) is 4.91. The molecule has 2 aromatic heterocycles. The highest BCUT2D eigenvalue weighted by Gasteiger charge is 2.22. The molecule has 1 aromatic carbocycles. The molecule has 0 aliphatic heterocycles. The molecule has 0 saturated heterocycles. The van der Waals surface area contributed by atoms with Gasteiger partial charge < -0.3 is 10.3 Å². The van der Waals surface area contributed by atoms with Gasteiger partial charge in [-0.1, -0.05) is 0 Å². The average Bonchev–Trinajstić information content (AvgIpc) is 3.00. The van der Waals surface area contributed by atoms with Crippen LogP contribution in [0.3, 0.4) is 0 Å². The molecule has 2 heterocycles. The van der Waals surface area contributed by atoms with Crippen molar-refractivity contribution in [3.05, 3.63) is 41.5 Å². The lowest BCUT2D eigenvalue weighted by Crippen LogP contribution is -2.13. The van der Waals surface area contributed by atoms with Gasteiger partial charge in [-0.3, -0.25) is 9.48 Å². The summed E-state index contributed by atoms with van der Waals surface area (Å²) in [5, 5.41) is 6.21. The molecular weight excluding hydrogens is 292 g/mol. The van der Waals surface area contributed by atoms with Gasteiger partial charge in [0.05, 0.1) is 16.6 Å². The molecule has 0 atom stereocenters. The molecule has 0 aliphatic rings. The summed E-state index contributed by atoms with van der Waals surface area (Å²) in [5.41, 5.74) is 1.35. The number of fused-ring (bicyclic) bond motifs is 1. The number of aromatic nitrogens is 4. The minimum atomic E-state index is -2.81. The summed E-state index contributed by atoms with van der Waals surface area (Å²) in [6, 6.07) is 5.11. The molecule has 0 spiro atoms. The fourth-order valence-electron chi connectivity index (χ4n) is 2.26. The standard InChI is InChI=1S/C14H13F2N5O/c1-7-17-10-4-3-8(5-11(10)18-7)19-14(22)9-6-21(2)20-12(9)13(15)16/h3-6,13H,1-2H3,(H,17,18)(H,19,22). The zero-order valence-electron chi connectivity index (χ0n) is 11.9. The highest BCUT2D eigenvalue weighted by atomic mass is 19.3. The molecule has 114 valence electrons. The number of nitrogens with zero attached hydrogens (tertiary/aromatic N) is 3. The van der Waals surface area contributed by atoms with Gasteiger partial charge in [-0.25, -0.2) is 13.8 Å². The number of aryl methyl sites for hydroxylation is 2. The van der Waals surface area contributed by atoms with E-state index in [-0.39, 0.29) is 5.56 Å². The number of halogens is 2. The Kier molecular flexibility index (Phi) is 3.36. The second kappa shape index (κ2) is 5.21. The summed E-state index contributed by atoms with van der Waals surface area (Å²) in [4.78, 5) is 19.5. The molecule has 3 rings (SSSR count). The largest absolute Gasteiger partial charge is 0.342 e. The molecule has 2 N–H and O–H groups in total. The predicted molar refractivity (Wildman–Crippen MR) is 76.9 cm³/mol. The summed E-state index contributed by atoms with van der Waals surface area (Å²) >= 11 is 0. The Morgan fingerprint density at radius 2 is 2.18 bits per heavy atom. The van der Waals surface area contributed by atoms with Crippen molar-refractivity contribution in [1.29, 1.82) is 0 Å². The van der Waals surface area contributed by atoms with Gasteiger partial charge in [-0.15, -0.1) is 0 Å². The number of anilines is 1. The van der Waals surface area contributed by atoms with Crippen LogP contribution in [0.5, 0.6) is 0 Å². The summed E-state index contributed by atoms with van der Waals surface area (Å²) in [6.07, 6.45) is -1.53. The number of rotatable bonds is 3. The molecule has 1 amide bonds. The number of alkyl halides is 2. The molecule has 0 bridgehead atoms. The van der Waals surface area contributed by atoms with Gasteiger partial charge in [0.25, 0.3) is 12.3 Å². The van der Waals surface area contributed by atoms with Crippen molar-refractivity contribution in [2.75, 3.05) is 5.32 Å². The van der Waals surface area contributed by atoms with E-state index in [2.05, 4.69) is 20.4 Å². The van der Waals surface area contributed by atoms with E-state index in [9.17, 15) is 13.6 Å². The van der Waals surface area contributed by atoms with Crippen molar-refractivity contribution in [3.8, 4) is 0 Å². The van der Waals surface area contributed by atoms with Crippen molar-refractivity contribution < 1.29 is 13.6 Å². The van der Waals surface area contributed by atoms with Crippen molar-refractivity contribution in [1.82, 2.24) is 19.7 Å². The Balaban J connectivity index is 1.89. The van der Waals surface area contributed by atoms with Crippen LogP contribution in [0, 0.1) is 6.92 Å². The average molecular weight is 305 g/mol. The molecule has 0 unspecified atom stereocenters. The number of hydrogen-bond acceptors (Lipinski definition) is 3.